The van der Waals surface area contributed by atoms with E-state index >= 15 is 0 Å². The Morgan fingerprint density at radius 1 is 1.10 bits per heavy atom. The van der Waals surface area contributed by atoms with Gasteiger partial charge in [0.2, 0.25) is 0 Å². The molecule has 0 radical (unpaired) electrons. The van der Waals surface area contributed by atoms with Crippen molar-refractivity contribution in [3.05, 3.63) is 51.7 Å². The van der Waals surface area contributed by atoms with Crippen LogP contribution in [0, 0.1) is 6.92 Å². The summed E-state index contributed by atoms with van der Waals surface area (Å²) >= 11 is 1.79. The zero-order valence-electron chi connectivity index (χ0n) is 13.0. The minimum atomic E-state index is -0.542. The van der Waals surface area contributed by atoms with Crippen LogP contribution in [0.1, 0.15) is 41.3 Å². The maximum atomic E-state index is 10.5. The molecule has 0 aliphatic rings. The summed E-state index contributed by atoms with van der Waals surface area (Å²) in [6.07, 6.45) is -0.542. The van der Waals surface area contributed by atoms with Crippen LogP contribution in [0.2, 0.25) is 0 Å². The van der Waals surface area contributed by atoms with Gasteiger partial charge in [-0.2, -0.15) is 0 Å². The molecule has 0 saturated heterocycles. The van der Waals surface area contributed by atoms with Crippen LogP contribution >= 0.6 is 11.3 Å². The van der Waals surface area contributed by atoms with E-state index in [1.807, 2.05) is 31.2 Å². The largest absolute Gasteiger partial charge is 0.497 e. The molecule has 0 amide bonds. The summed E-state index contributed by atoms with van der Waals surface area (Å²) in [6, 6.07) is 12.0. The zero-order chi connectivity index (χ0) is 15.4. The van der Waals surface area contributed by atoms with E-state index in [4.69, 9.17) is 4.74 Å². The number of thiophene rings is 1. The quantitative estimate of drug-likeness (QED) is 0.852. The van der Waals surface area contributed by atoms with Gasteiger partial charge in [0, 0.05) is 21.8 Å². The van der Waals surface area contributed by atoms with Crippen molar-refractivity contribution >= 4 is 11.3 Å². The molecule has 0 aliphatic carbocycles. The number of aliphatic hydroxyl groups excluding tert-OH is 1. The molecular formula is C17H23NO2S. The first-order chi connectivity index (χ1) is 10.0. The lowest BCUT2D eigenvalue weighted by Crippen LogP contribution is -2.33. The van der Waals surface area contributed by atoms with Crippen LogP contribution in [-0.2, 0) is 0 Å². The average molecular weight is 305 g/mol. The van der Waals surface area contributed by atoms with Crippen molar-refractivity contribution in [1.82, 2.24) is 5.32 Å². The summed E-state index contributed by atoms with van der Waals surface area (Å²) in [5, 5.41) is 13.9. The maximum Gasteiger partial charge on any atom is 0.118 e. The molecule has 2 aromatic rings. The van der Waals surface area contributed by atoms with Crippen molar-refractivity contribution in [2.75, 3.05) is 7.11 Å². The van der Waals surface area contributed by atoms with Gasteiger partial charge >= 0.3 is 0 Å². The first-order valence-electron chi connectivity index (χ1n) is 7.15. The molecule has 0 aliphatic heterocycles. The molecule has 4 heteroatoms. The highest BCUT2D eigenvalue weighted by molar-refractivity contribution is 7.12. The van der Waals surface area contributed by atoms with E-state index in [9.17, 15) is 5.11 Å². The van der Waals surface area contributed by atoms with E-state index in [1.54, 1.807) is 18.4 Å². The Labute approximate surface area is 130 Å². The Morgan fingerprint density at radius 2 is 1.76 bits per heavy atom. The Hall–Kier alpha value is -1.36. The second-order valence-electron chi connectivity index (χ2n) is 5.34. The standard InChI is InChI=1S/C17H23NO2S/c1-11-5-10-16(21-11)12(2)18-13(3)17(19)14-6-8-15(20-4)9-7-14/h5-10,12-13,17-19H,1-4H3. The monoisotopic (exact) mass is 305 g/mol. The topological polar surface area (TPSA) is 41.5 Å². The number of aryl methyl sites for hydroxylation is 1. The van der Waals surface area contributed by atoms with E-state index in [2.05, 4.69) is 31.3 Å². The van der Waals surface area contributed by atoms with Crippen molar-refractivity contribution in [2.24, 2.45) is 0 Å². The van der Waals surface area contributed by atoms with Crippen LogP contribution in [0.15, 0.2) is 36.4 Å². The van der Waals surface area contributed by atoms with E-state index in [0.717, 1.165) is 11.3 Å². The van der Waals surface area contributed by atoms with Gasteiger partial charge in [-0.05, 0) is 50.6 Å². The maximum absolute atomic E-state index is 10.5. The normalized spacial score (nSPS) is 15.5. The Bertz CT molecular complexity index is 564. The van der Waals surface area contributed by atoms with Crippen molar-refractivity contribution in [3.63, 3.8) is 0 Å². The lowest BCUT2D eigenvalue weighted by Gasteiger charge is -2.24. The fourth-order valence-corrected chi connectivity index (χ4v) is 3.23. The van der Waals surface area contributed by atoms with E-state index in [0.29, 0.717) is 0 Å². The molecule has 3 nitrogen and oxygen atoms in total. The molecule has 0 saturated carbocycles. The zero-order valence-corrected chi connectivity index (χ0v) is 13.8. The average Bonchev–Trinajstić information content (AvgIpc) is 2.93. The Balaban J connectivity index is 1.99. The highest BCUT2D eigenvalue weighted by Crippen LogP contribution is 2.25. The van der Waals surface area contributed by atoms with Gasteiger partial charge in [0.1, 0.15) is 5.75 Å². The molecule has 1 aromatic carbocycles. The predicted octanol–water partition coefficient (Wildman–Crippen LogP) is 3.84. The molecule has 3 unspecified atom stereocenters. The Kier molecular flexibility index (Phi) is 5.39. The van der Waals surface area contributed by atoms with Crippen LogP contribution in [0.4, 0.5) is 0 Å². The van der Waals surface area contributed by atoms with Crippen LogP contribution < -0.4 is 10.1 Å². The molecule has 0 fully saturated rings. The number of rotatable bonds is 6. The second-order valence-corrected chi connectivity index (χ2v) is 6.66. The smallest absolute Gasteiger partial charge is 0.118 e. The first-order valence-corrected chi connectivity index (χ1v) is 7.97. The van der Waals surface area contributed by atoms with Gasteiger partial charge in [-0.15, -0.1) is 11.3 Å². The molecule has 114 valence electrons. The minimum absolute atomic E-state index is 0.0317. The molecule has 0 spiro atoms. The predicted molar refractivity (Wildman–Crippen MR) is 88.0 cm³/mol. The molecule has 2 N–H and O–H groups in total. The summed E-state index contributed by atoms with van der Waals surface area (Å²) in [6.45, 7) is 6.24. The number of methoxy groups -OCH3 is 1. The molecule has 2 rings (SSSR count). The van der Waals surface area contributed by atoms with E-state index < -0.39 is 6.10 Å². The molecule has 0 bridgehead atoms. The van der Waals surface area contributed by atoms with Gasteiger partial charge < -0.3 is 15.2 Å². The summed E-state index contributed by atoms with van der Waals surface area (Å²) < 4.78 is 5.14. The van der Waals surface area contributed by atoms with Crippen LogP contribution in [0.3, 0.4) is 0 Å². The van der Waals surface area contributed by atoms with Gasteiger partial charge in [-0.25, -0.2) is 0 Å². The highest BCUT2D eigenvalue weighted by atomic mass is 32.1. The van der Waals surface area contributed by atoms with Crippen molar-refractivity contribution in [3.8, 4) is 5.75 Å². The molecule has 1 aromatic heterocycles. The fourth-order valence-electron chi connectivity index (χ4n) is 2.34. The third-order valence-corrected chi connectivity index (χ3v) is 4.82. The second kappa shape index (κ2) is 7.07. The van der Waals surface area contributed by atoms with E-state index in [1.165, 1.54) is 9.75 Å². The molecule has 3 atom stereocenters. The molecule has 21 heavy (non-hydrogen) atoms. The lowest BCUT2D eigenvalue weighted by molar-refractivity contribution is 0.131. The Morgan fingerprint density at radius 3 is 2.29 bits per heavy atom. The van der Waals surface area contributed by atoms with Gasteiger partial charge in [0.05, 0.1) is 13.2 Å². The number of ether oxygens (including phenoxy) is 1. The number of benzene rings is 1. The van der Waals surface area contributed by atoms with Gasteiger partial charge in [0.15, 0.2) is 0 Å². The van der Waals surface area contributed by atoms with Crippen LogP contribution in [0.5, 0.6) is 5.75 Å². The van der Waals surface area contributed by atoms with Crippen molar-refractivity contribution in [1.29, 1.82) is 0 Å². The van der Waals surface area contributed by atoms with Crippen LogP contribution in [-0.4, -0.2) is 18.3 Å². The number of nitrogens with one attached hydrogen (secondary N) is 1. The summed E-state index contributed by atoms with van der Waals surface area (Å²) in [5.41, 5.74) is 0.894. The van der Waals surface area contributed by atoms with Crippen molar-refractivity contribution in [2.45, 2.75) is 39.0 Å². The lowest BCUT2D eigenvalue weighted by atomic mass is 10.0. The summed E-state index contributed by atoms with van der Waals surface area (Å²) in [7, 11) is 1.64. The van der Waals surface area contributed by atoms with Gasteiger partial charge in [0.25, 0.3) is 0 Å². The third kappa shape index (κ3) is 4.06. The summed E-state index contributed by atoms with van der Waals surface area (Å²) in [5.74, 6) is 0.800. The van der Waals surface area contributed by atoms with Gasteiger partial charge in [-0.3, -0.25) is 0 Å². The number of aliphatic hydroxyl groups is 1. The highest BCUT2D eigenvalue weighted by Gasteiger charge is 2.19. The van der Waals surface area contributed by atoms with Crippen LogP contribution in [0.25, 0.3) is 0 Å². The summed E-state index contributed by atoms with van der Waals surface area (Å²) in [4.78, 5) is 2.60. The number of hydrogen-bond donors (Lipinski definition) is 2. The van der Waals surface area contributed by atoms with Gasteiger partial charge in [-0.1, -0.05) is 12.1 Å². The minimum Gasteiger partial charge on any atom is -0.497 e. The first kappa shape index (κ1) is 16.0. The van der Waals surface area contributed by atoms with E-state index in [-0.39, 0.29) is 12.1 Å². The molecule has 1 heterocycles. The third-order valence-electron chi connectivity index (χ3n) is 3.63. The number of hydrogen-bond acceptors (Lipinski definition) is 4. The van der Waals surface area contributed by atoms with Crippen molar-refractivity contribution < 1.29 is 9.84 Å². The molecular weight excluding hydrogens is 282 g/mol. The fraction of sp³-hybridized carbons (Fsp3) is 0.412. The SMILES string of the molecule is COc1ccc(C(O)C(C)NC(C)c2ccc(C)s2)cc1.